The highest BCUT2D eigenvalue weighted by atomic mass is 32.2. The minimum absolute atomic E-state index is 0.369. The second-order valence-corrected chi connectivity index (χ2v) is 5.96. The largest absolute Gasteiger partial charge is 0.399 e. The summed E-state index contributed by atoms with van der Waals surface area (Å²) in [6.07, 6.45) is 4.67. The zero-order valence-corrected chi connectivity index (χ0v) is 9.85. The number of rotatable bonds is 2. The number of aryl methyl sites for hydroxylation is 1. The maximum absolute atomic E-state index is 12.2. The molecule has 0 spiro atoms. The smallest absolute Gasteiger partial charge is 0.0560 e. The predicted octanol–water partition coefficient (Wildman–Crippen LogP) is 2.63. The summed E-state index contributed by atoms with van der Waals surface area (Å²) in [6.45, 7) is 1.96. The molecule has 0 saturated heterocycles. The first-order valence-electron chi connectivity index (χ1n) is 5.45. The van der Waals surface area contributed by atoms with Crippen LogP contribution in [-0.2, 0) is 10.8 Å². The lowest BCUT2D eigenvalue weighted by Crippen LogP contribution is -2.10. The van der Waals surface area contributed by atoms with Gasteiger partial charge in [0.25, 0.3) is 0 Å². The molecular formula is C12H17NOS. The van der Waals surface area contributed by atoms with E-state index in [1.54, 1.807) is 0 Å². The molecule has 1 unspecified atom stereocenters. The molecule has 1 fully saturated rings. The molecule has 0 aromatic heterocycles. The van der Waals surface area contributed by atoms with Crippen LogP contribution in [0.1, 0.15) is 31.2 Å². The Balaban J connectivity index is 2.21. The highest BCUT2D eigenvalue weighted by Gasteiger charge is 2.22. The van der Waals surface area contributed by atoms with Crippen LogP contribution < -0.4 is 5.73 Å². The van der Waals surface area contributed by atoms with Gasteiger partial charge in [-0.1, -0.05) is 12.8 Å². The molecule has 1 aliphatic rings. The summed E-state index contributed by atoms with van der Waals surface area (Å²) >= 11 is 0. The van der Waals surface area contributed by atoms with E-state index in [-0.39, 0.29) is 0 Å². The number of nitrogen functional groups attached to an aromatic ring is 1. The Bertz CT molecular complexity index is 383. The molecule has 1 aliphatic carbocycles. The molecule has 1 aromatic rings. The predicted molar refractivity (Wildman–Crippen MR) is 64.3 cm³/mol. The van der Waals surface area contributed by atoms with Crippen LogP contribution in [0.25, 0.3) is 0 Å². The molecule has 0 heterocycles. The molecule has 2 nitrogen and oxygen atoms in total. The lowest BCUT2D eigenvalue weighted by molar-refractivity contribution is 0.669. The maximum Gasteiger partial charge on any atom is 0.0560 e. The Hall–Kier alpha value is -0.830. The van der Waals surface area contributed by atoms with E-state index in [0.717, 1.165) is 29.0 Å². The van der Waals surface area contributed by atoms with E-state index in [9.17, 15) is 4.21 Å². The van der Waals surface area contributed by atoms with Crippen molar-refractivity contribution in [3.05, 3.63) is 23.8 Å². The van der Waals surface area contributed by atoms with Gasteiger partial charge in [-0.05, 0) is 43.5 Å². The first-order chi connectivity index (χ1) is 7.18. The van der Waals surface area contributed by atoms with Crippen molar-refractivity contribution in [2.75, 3.05) is 5.73 Å². The molecule has 1 aromatic carbocycles. The fourth-order valence-electron chi connectivity index (χ4n) is 2.07. The van der Waals surface area contributed by atoms with Crippen molar-refractivity contribution in [2.24, 2.45) is 0 Å². The molecule has 3 heteroatoms. The molecule has 1 atom stereocenters. The zero-order valence-electron chi connectivity index (χ0n) is 9.03. The van der Waals surface area contributed by atoms with E-state index < -0.39 is 10.8 Å². The summed E-state index contributed by atoms with van der Waals surface area (Å²) in [5.74, 6) is 0. The van der Waals surface area contributed by atoms with Crippen molar-refractivity contribution in [1.29, 1.82) is 0 Å². The summed E-state index contributed by atoms with van der Waals surface area (Å²) in [5.41, 5.74) is 7.55. The van der Waals surface area contributed by atoms with Gasteiger partial charge in [-0.2, -0.15) is 0 Å². The molecule has 0 bridgehead atoms. The third-order valence-electron chi connectivity index (χ3n) is 3.08. The molecule has 82 valence electrons. The number of anilines is 1. The Kier molecular flexibility index (Phi) is 3.10. The van der Waals surface area contributed by atoms with Crippen molar-refractivity contribution in [3.8, 4) is 0 Å². The second-order valence-electron chi connectivity index (χ2n) is 4.22. The average Bonchev–Trinajstić information content (AvgIpc) is 2.74. The topological polar surface area (TPSA) is 43.1 Å². The SMILES string of the molecule is Cc1cc(S(=O)C2CCCC2)ccc1N. The van der Waals surface area contributed by atoms with Crippen LogP contribution in [0.5, 0.6) is 0 Å². The van der Waals surface area contributed by atoms with Gasteiger partial charge in [0, 0.05) is 15.8 Å². The zero-order chi connectivity index (χ0) is 10.8. The van der Waals surface area contributed by atoms with Crippen LogP contribution >= 0.6 is 0 Å². The van der Waals surface area contributed by atoms with Crippen LogP contribution in [0, 0.1) is 6.92 Å². The standard InChI is InChI=1S/C12H17NOS/c1-9-8-11(6-7-12(9)13)15(14)10-4-2-3-5-10/h6-8,10H,2-5,13H2,1H3. The van der Waals surface area contributed by atoms with Crippen molar-refractivity contribution < 1.29 is 4.21 Å². The maximum atomic E-state index is 12.2. The van der Waals surface area contributed by atoms with Crippen molar-refractivity contribution in [1.82, 2.24) is 0 Å². The van der Waals surface area contributed by atoms with Crippen LogP contribution in [0.3, 0.4) is 0 Å². The molecular weight excluding hydrogens is 206 g/mol. The Labute approximate surface area is 93.3 Å². The Morgan fingerprint density at radius 3 is 2.60 bits per heavy atom. The molecule has 1 saturated carbocycles. The molecule has 0 aliphatic heterocycles. The van der Waals surface area contributed by atoms with Crippen molar-refractivity contribution in [3.63, 3.8) is 0 Å². The number of hydrogen-bond donors (Lipinski definition) is 1. The minimum atomic E-state index is -0.833. The van der Waals surface area contributed by atoms with Gasteiger partial charge in [-0.15, -0.1) is 0 Å². The fraction of sp³-hybridized carbons (Fsp3) is 0.500. The lowest BCUT2D eigenvalue weighted by atomic mass is 10.2. The van der Waals surface area contributed by atoms with Crippen molar-refractivity contribution in [2.45, 2.75) is 42.8 Å². The molecule has 2 N–H and O–H groups in total. The third kappa shape index (κ3) is 2.23. The quantitative estimate of drug-likeness (QED) is 0.783. The van der Waals surface area contributed by atoms with E-state index >= 15 is 0 Å². The summed E-state index contributed by atoms with van der Waals surface area (Å²) in [7, 11) is -0.833. The minimum Gasteiger partial charge on any atom is -0.399 e. The summed E-state index contributed by atoms with van der Waals surface area (Å²) in [5, 5.41) is 0.369. The summed E-state index contributed by atoms with van der Waals surface area (Å²) in [4.78, 5) is 0.939. The van der Waals surface area contributed by atoms with Crippen LogP contribution in [0.15, 0.2) is 23.1 Å². The normalized spacial score (nSPS) is 19.3. The first kappa shape index (κ1) is 10.7. The number of benzene rings is 1. The van der Waals surface area contributed by atoms with Gasteiger partial charge in [0.05, 0.1) is 10.8 Å². The van der Waals surface area contributed by atoms with Gasteiger partial charge in [0.1, 0.15) is 0 Å². The van der Waals surface area contributed by atoms with Crippen molar-refractivity contribution >= 4 is 16.5 Å². The van der Waals surface area contributed by atoms with E-state index in [2.05, 4.69) is 0 Å². The summed E-state index contributed by atoms with van der Waals surface area (Å²) in [6, 6.07) is 5.72. The van der Waals surface area contributed by atoms with E-state index in [1.807, 2.05) is 25.1 Å². The second kappa shape index (κ2) is 4.35. The third-order valence-corrected chi connectivity index (χ3v) is 4.87. The van der Waals surface area contributed by atoms with E-state index in [0.29, 0.717) is 5.25 Å². The number of hydrogen-bond acceptors (Lipinski definition) is 2. The molecule has 2 rings (SSSR count). The molecule has 0 radical (unpaired) electrons. The van der Waals surface area contributed by atoms with Crippen LogP contribution in [0.4, 0.5) is 5.69 Å². The van der Waals surface area contributed by atoms with Gasteiger partial charge in [-0.3, -0.25) is 4.21 Å². The monoisotopic (exact) mass is 223 g/mol. The summed E-state index contributed by atoms with van der Waals surface area (Å²) < 4.78 is 12.2. The van der Waals surface area contributed by atoms with Gasteiger partial charge in [0.2, 0.25) is 0 Å². The average molecular weight is 223 g/mol. The first-order valence-corrected chi connectivity index (χ1v) is 6.66. The van der Waals surface area contributed by atoms with Gasteiger partial charge >= 0.3 is 0 Å². The molecule has 0 amide bonds. The van der Waals surface area contributed by atoms with Crippen LogP contribution in [0.2, 0.25) is 0 Å². The van der Waals surface area contributed by atoms with Crippen LogP contribution in [-0.4, -0.2) is 9.46 Å². The van der Waals surface area contributed by atoms with E-state index in [1.165, 1.54) is 12.8 Å². The highest BCUT2D eigenvalue weighted by molar-refractivity contribution is 7.85. The highest BCUT2D eigenvalue weighted by Crippen LogP contribution is 2.27. The van der Waals surface area contributed by atoms with E-state index in [4.69, 9.17) is 5.73 Å². The van der Waals surface area contributed by atoms with Gasteiger partial charge < -0.3 is 5.73 Å². The Morgan fingerprint density at radius 1 is 1.33 bits per heavy atom. The molecule has 15 heavy (non-hydrogen) atoms. The van der Waals surface area contributed by atoms with Gasteiger partial charge in [-0.25, -0.2) is 0 Å². The Morgan fingerprint density at radius 2 is 2.00 bits per heavy atom. The lowest BCUT2D eigenvalue weighted by Gasteiger charge is -2.10. The number of nitrogens with two attached hydrogens (primary N) is 1. The fourth-order valence-corrected chi connectivity index (χ4v) is 3.71. The van der Waals surface area contributed by atoms with Gasteiger partial charge in [0.15, 0.2) is 0 Å².